The highest BCUT2D eigenvalue weighted by Crippen LogP contribution is 2.39. The van der Waals surface area contributed by atoms with Gasteiger partial charge in [0.25, 0.3) is 0 Å². The fourth-order valence-corrected chi connectivity index (χ4v) is 3.68. The molecule has 0 aliphatic carbocycles. The molecule has 1 unspecified atom stereocenters. The second-order valence-corrected chi connectivity index (χ2v) is 7.12. The Morgan fingerprint density at radius 3 is 2.26 bits per heavy atom. The minimum Gasteiger partial charge on any atom is -0.493 e. The average molecular weight is 408 g/mol. The van der Waals surface area contributed by atoms with Gasteiger partial charge in [-0.2, -0.15) is 0 Å². The summed E-state index contributed by atoms with van der Waals surface area (Å²) in [5, 5.41) is 10.4. The van der Waals surface area contributed by atoms with Crippen molar-refractivity contribution in [1.29, 1.82) is 0 Å². The molecule has 102 valence electrons. The molecule has 1 aromatic heterocycles. The van der Waals surface area contributed by atoms with Gasteiger partial charge in [0.1, 0.15) is 6.10 Å². The van der Waals surface area contributed by atoms with Gasteiger partial charge in [-0.1, -0.05) is 15.9 Å². The topological polar surface area (TPSA) is 38.7 Å². The number of hydrogen-bond acceptors (Lipinski definition) is 4. The highest BCUT2D eigenvalue weighted by atomic mass is 79.9. The van der Waals surface area contributed by atoms with Crippen molar-refractivity contribution in [2.75, 3.05) is 14.2 Å². The summed E-state index contributed by atoms with van der Waals surface area (Å²) in [5.74, 6) is 1.22. The minimum absolute atomic E-state index is 0.593. The lowest BCUT2D eigenvalue weighted by Crippen LogP contribution is -2.00. The van der Waals surface area contributed by atoms with E-state index in [1.165, 1.54) is 11.3 Å². The molecule has 0 aliphatic heterocycles. The van der Waals surface area contributed by atoms with Gasteiger partial charge in [0.15, 0.2) is 11.5 Å². The summed E-state index contributed by atoms with van der Waals surface area (Å²) in [4.78, 5) is 0.861. The number of ether oxygens (including phenoxy) is 2. The van der Waals surface area contributed by atoms with Crippen LogP contribution in [0, 0.1) is 0 Å². The molecular weight excluding hydrogens is 396 g/mol. The monoisotopic (exact) mass is 406 g/mol. The highest BCUT2D eigenvalue weighted by molar-refractivity contribution is 9.11. The van der Waals surface area contributed by atoms with Crippen LogP contribution in [0.3, 0.4) is 0 Å². The van der Waals surface area contributed by atoms with Crippen molar-refractivity contribution in [2.24, 2.45) is 0 Å². The Morgan fingerprint density at radius 1 is 1.11 bits per heavy atom. The molecule has 0 saturated heterocycles. The first-order valence-electron chi connectivity index (χ1n) is 5.41. The highest BCUT2D eigenvalue weighted by Gasteiger charge is 2.19. The minimum atomic E-state index is -0.703. The number of methoxy groups -OCH3 is 2. The normalized spacial score (nSPS) is 12.3. The van der Waals surface area contributed by atoms with E-state index in [1.54, 1.807) is 26.4 Å². The first kappa shape index (κ1) is 14.8. The Balaban J connectivity index is 2.44. The molecule has 0 saturated carbocycles. The zero-order valence-corrected chi connectivity index (χ0v) is 14.3. The van der Waals surface area contributed by atoms with Crippen LogP contribution < -0.4 is 9.47 Å². The molecule has 1 aromatic carbocycles. The van der Waals surface area contributed by atoms with E-state index in [4.69, 9.17) is 9.47 Å². The number of rotatable bonds is 4. The fraction of sp³-hybridized carbons (Fsp3) is 0.231. The van der Waals surface area contributed by atoms with Gasteiger partial charge in [-0.3, -0.25) is 0 Å². The fourth-order valence-electron chi connectivity index (χ4n) is 1.71. The van der Waals surface area contributed by atoms with Gasteiger partial charge in [-0.25, -0.2) is 0 Å². The molecule has 1 N–H and O–H groups in total. The molecule has 0 amide bonds. The Morgan fingerprint density at radius 2 is 1.74 bits per heavy atom. The maximum Gasteiger partial charge on any atom is 0.161 e. The lowest BCUT2D eigenvalue weighted by molar-refractivity contribution is 0.222. The van der Waals surface area contributed by atoms with E-state index in [0.29, 0.717) is 11.5 Å². The molecule has 0 spiro atoms. The number of aliphatic hydroxyl groups is 1. The summed E-state index contributed by atoms with van der Waals surface area (Å²) in [6, 6.07) is 7.38. The number of benzene rings is 1. The maximum absolute atomic E-state index is 10.4. The molecule has 19 heavy (non-hydrogen) atoms. The van der Waals surface area contributed by atoms with E-state index in [2.05, 4.69) is 31.9 Å². The van der Waals surface area contributed by atoms with Crippen LogP contribution in [0.5, 0.6) is 11.5 Å². The van der Waals surface area contributed by atoms with E-state index in [-0.39, 0.29) is 0 Å². The zero-order chi connectivity index (χ0) is 14.0. The summed E-state index contributed by atoms with van der Waals surface area (Å²) in [6.45, 7) is 0. The third-order valence-electron chi connectivity index (χ3n) is 2.66. The summed E-state index contributed by atoms with van der Waals surface area (Å²) in [6.07, 6.45) is -0.703. The SMILES string of the molecule is COc1cc(Br)c(C(O)c2ccc(Br)s2)cc1OC. The zero-order valence-electron chi connectivity index (χ0n) is 10.3. The van der Waals surface area contributed by atoms with E-state index < -0.39 is 6.10 Å². The van der Waals surface area contributed by atoms with Crippen LogP contribution >= 0.6 is 43.2 Å². The number of halogens is 2. The number of aliphatic hydroxyl groups excluding tert-OH is 1. The largest absolute Gasteiger partial charge is 0.493 e. The molecule has 0 bridgehead atoms. The van der Waals surface area contributed by atoms with E-state index in [1.807, 2.05) is 12.1 Å². The Labute approximate surface area is 132 Å². The molecule has 1 heterocycles. The van der Waals surface area contributed by atoms with Gasteiger partial charge in [0.05, 0.1) is 18.0 Å². The third kappa shape index (κ3) is 3.13. The smallest absolute Gasteiger partial charge is 0.161 e. The van der Waals surface area contributed by atoms with Crippen molar-refractivity contribution in [3.63, 3.8) is 0 Å². The van der Waals surface area contributed by atoms with Gasteiger partial charge < -0.3 is 14.6 Å². The van der Waals surface area contributed by atoms with Crippen molar-refractivity contribution in [3.8, 4) is 11.5 Å². The van der Waals surface area contributed by atoms with Gasteiger partial charge >= 0.3 is 0 Å². The van der Waals surface area contributed by atoms with Gasteiger partial charge in [-0.05, 0) is 40.2 Å². The lowest BCUT2D eigenvalue weighted by atomic mass is 10.1. The molecule has 0 fully saturated rings. The number of hydrogen-bond donors (Lipinski definition) is 1. The van der Waals surface area contributed by atoms with Crippen LogP contribution in [-0.2, 0) is 0 Å². The van der Waals surface area contributed by atoms with Crippen molar-refractivity contribution < 1.29 is 14.6 Å². The van der Waals surface area contributed by atoms with Gasteiger partial charge in [-0.15, -0.1) is 11.3 Å². The maximum atomic E-state index is 10.4. The van der Waals surface area contributed by atoms with Crippen LogP contribution in [-0.4, -0.2) is 19.3 Å². The van der Waals surface area contributed by atoms with Gasteiger partial charge in [0, 0.05) is 14.9 Å². The van der Waals surface area contributed by atoms with E-state index >= 15 is 0 Å². The average Bonchev–Trinajstić information content (AvgIpc) is 2.84. The van der Waals surface area contributed by atoms with Crippen molar-refractivity contribution in [2.45, 2.75) is 6.10 Å². The van der Waals surface area contributed by atoms with E-state index in [0.717, 1.165) is 18.7 Å². The van der Waals surface area contributed by atoms with Crippen LogP contribution in [0.2, 0.25) is 0 Å². The lowest BCUT2D eigenvalue weighted by Gasteiger charge is -2.15. The first-order chi connectivity index (χ1) is 9.06. The van der Waals surface area contributed by atoms with E-state index in [9.17, 15) is 5.11 Å². The van der Waals surface area contributed by atoms with Gasteiger partial charge in [0.2, 0.25) is 0 Å². The van der Waals surface area contributed by atoms with Crippen molar-refractivity contribution >= 4 is 43.2 Å². The third-order valence-corrected chi connectivity index (χ3v) is 5.02. The molecule has 0 radical (unpaired) electrons. The van der Waals surface area contributed by atoms with Crippen molar-refractivity contribution in [1.82, 2.24) is 0 Å². The standard InChI is InChI=1S/C13H12Br2O3S/c1-17-9-5-7(8(14)6-10(9)18-2)13(16)11-3-4-12(15)19-11/h3-6,13,16H,1-2H3. The van der Waals surface area contributed by atoms with Crippen LogP contribution in [0.1, 0.15) is 16.5 Å². The Kier molecular flexibility index (Phi) is 4.89. The van der Waals surface area contributed by atoms with Crippen LogP contribution in [0.4, 0.5) is 0 Å². The number of thiophene rings is 1. The summed E-state index contributed by atoms with van der Waals surface area (Å²) >= 11 is 8.34. The molecule has 0 aliphatic rings. The predicted octanol–water partition coefficient (Wildman–Crippen LogP) is 4.37. The van der Waals surface area contributed by atoms with Crippen LogP contribution in [0.15, 0.2) is 32.5 Å². The second kappa shape index (κ2) is 6.26. The Hall–Kier alpha value is -0.560. The first-order valence-corrected chi connectivity index (χ1v) is 7.81. The second-order valence-electron chi connectivity index (χ2n) is 3.77. The molecule has 6 heteroatoms. The Bertz CT molecular complexity index is 583. The summed E-state index contributed by atoms with van der Waals surface area (Å²) in [5.41, 5.74) is 0.743. The summed E-state index contributed by atoms with van der Waals surface area (Å²) < 4.78 is 12.2. The molecule has 2 aromatic rings. The summed E-state index contributed by atoms with van der Waals surface area (Å²) in [7, 11) is 3.15. The molecule has 2 rings (SSSR count). The van der Waals surface area contributed by atoms with Crippen LogP contribution in [0.25, 0.3) is 0 Å². The molecule has 3 nitrogen and oxygen atoms in total. The predicted molar refractivity (Wildman–Crippen MR) is 83.3 cm³/mol. The van der Waals surface area contributed by atoms with Crippen molar-refractivity contribution in [3.05, 3.63) is 43.0 Å². The molecule has 1 atom stereocenters. The quantitative estimate of drug-likeness (QED) is 0.817. The molecular formula is C13H12Br2O3S.